The number of rotatable bonds is 4. The highest BCUT2D eigenvalue weighted by Crippen LogP contribution is 2.26. The highest BCUT2D eigenvalue weighted by atomic mass is 16.5. The largest absolute Gasteiger partial charge is 0.504 e. The number of phenols is 1. The summed E-state index contributed by atoms with van der Waals surface area (Å²) < 4.78 is 5.06. The van der Waals surface area contributed by atoms with Crippen molar-refractivity contribution in [3.8, 4) is 11.5 Å². The number of carbonyl (C=O) groups excluding carboxylic acids is 1. The molecule has 5 nitrogen and oxygen atoms in total. The Morgan fingerprint density at radius 2 is 2.05 bits per heavy atom. The highest BCUT2D eigenvalue weighted by Gasteiger charge is 2.20. The number of benzene rings is 1. The molecule has 0 aliphatic heterocycles. The van der Waals surface area contributed by atoms with Gasteiger partial charge in [-0.3, -0.25) is 4.79 Å². The lowest BCUT2D eigenvalue weighted by atomic mass is 9.89. The van der Waals surface area contributed by atoms with Crippen molar-refractivity contribution in [2.24, 2.45) is 11.0 Å². The second-order valence-corrected chi connectivity index (χ2v) is 5.39. The van der Waals surface area contributed by atoms with Crippen LogP contribution in [0.25, 0.3) is 0 Å². The normalized spacial score (nSPS) is 16.6. The SMILES string of the molecule is COc1cc(/C(C)=N/NC(=O)C2CCCCC2)ccc1O. The fourth-order valence-electron chi connectivity index (χ4n) is 2.56. The molecule has 2 N–H and O–H groups in total. The van der Waals surface area contributed by atoms with Crippen LogP contribution in [-0.4, -0.2) is 23.8 Å². The average Bonchev–Trinajstić information content (AvgIpc) is 2.53. The summed E-state index contributed by atoms with van der Waals surface area (Å²) in [6.07, 6.45) is 5.37. The molecule has 1 fully saturated rings. The van der Waals surface area contributed by atoms with Crippen LogP contribution in [0.3, 0.4) is 0 Å². The van der Waals surface area contributed by atoms with Gasteiger partial charge in [0.25, 0.3) is 0 Å². The molecule has 1 aromatic rings. The van der Waals surface area contributed by atoms with Crippen molar-refractivity contribution in [1.29, 1.82) is 0 Å². The van der Waals surface area contributed by atoms with E-state index < -0.39 is 0 Å². The first-order valence-electron chi connectivity index (χ1n) is 7.33. The number of nitrogens with zero attached hydrogens (tertiary/aromatic N) is 1. The standard InChI is InChI=1S/C16H22N2O3/c1-11(13-8-9-14(19)15(10-13)21-2)17-18-16(20)12-6-4-3-5-7-12/h8-10,12,19H,3-7H2,1-2H3,(H,18,20)/b17-11+. The molecule has 1 aliphatic carbocycles. The molecule has 0 bridgehead atoms. The zero-order chi connectivity index (χ0) is 15.2. The highest BCUT2D eigenvalue weighted by molar-refractivity contribution is 5.99. The van der Waals surface area contributed by atoms with Crippen LogP contribution >= 0.6 is 0 Å². The lowest BCUT2D eigenvalue weighted by Gasteiger charge is -2.19. The van der Waals surface area contributed by atoms with Crippen molar-refractivity contribution in [2.45, 2.75) is 39.0 Å². The minimum atomic E-state index is -0.000191. The van der Waals surface area contributed by atoms with Crippen LogP contribution in [0.2, 0.25) is 0 Å². The Morgan fingerprint density at radius 3 is 2.71 bits per heavy atom. The van der Waals surface area contributed by atoms with Crippen molar-refractivity contribution in [3.63, 3.8) is 0 Å². The Labute approximate surface area is 125 Å². The van der Waals surface area contributed by atoms with Crippen molar-refractivity contribution < 1.29 is 14.6 Å². The number of hydrazone groups is 1. The first-order valence-corrected chi connectivity index (χ1v) is 7.33. The van der Waals surface area contributed by atoms with E-state index in [2.05, 4.69) is 10.5 Å². The Hall–Kier alpha value is -2.04. The minimum absolute atomic E-state index is 0.000191. The first-order chi connectivity index (χ1) is 10.1. The molecule has 114 valence electrons. The maximum atomic E-state index is 12.0. The van der Waals surface area contributed by atoms with E-state index in [0.717, 1.165) is 31.2 Å². The summed E-state index contributed by atoms with van der Waals surface area (Å²) in [7, 11) is 1.50. The Balaban J connectivity index is 2.01. The predicted molar refractivity (Wildman–Crippen MR) is 81.6 cm³/mol. The smallest absolute Gasteiger partial charge is 0.243 e. The van der Waals surface area contributed by atoms with Gasteiger partial charge in [0, 0.05) is 11.5 Å². The van der Waals surface area contributed by atoms with Gasteiger partial charge in [0.2, 0.25) is 5.91 Å². The molecule has 0 unspecified atom stereocenters. The molecule has 1 aromatic carbocycles. The maximum absolute atomic E-state index is 12.0. The van der Waals surface area contributed by atoms with E-state index in [1.807, 2.05) is 6.92 Å². The van der Waals surface area contributed by atoms with Gasteiger partial charge in [-0.15, -0.1) is 0 Å². The Morgan fingerprint density at radius 1 is 1.33 bits per heavy atom. The topological polar surface area (TPSA) is 70.9 Å². The number of amides is 1. The number of ether oxygens (including phenoxy) is 1. The molecule has 0 atom stereocenters. The molecule has 21 heavy (non-hydrogen) atoms. The third-order valence-electron chi connectivity index (χ3n) is 3.91. The van der Waals surface area contributed by atoms with Crippen molar-refractivity contribution in [1.82, 2.24) is 5.43 Å². The second kappa shape index (κ2) is 7.11. The molecule has 0 aromatic heterocycles. The van der Waals surface area contributed by atoms with Crippen LogP contribution < -0.4 is 10.2 Å². The van der Waals surface area contributed by atoms with E-state index in [0.29, 0.717) is 11.5 Å². The third-order valence-corrected chi connectivity index (χ3v) is 3.91. The van der Waals surface area contributed by atoms with Crippen LogP contribution in [-0.2, 0) is 4.79 Å². The van der Waals surface area contributed by atoms with E-state index >= 15 is 0 Å². The molecule has 0 saturated heterocycles. The minimum Gasteiger partial charge on any atom is -0.504 e. The molecule has 2 rings (SSSR count). The number of hydrogen-bond donors (Lipinski definition) is 2. The number of phenolic OH excluding ortho intramolecular Hbond substituents is 1. The molecule has 1 amide bonds. The maximum Gasteiger partial charge on any atom is 0.243 e. The van der Waals surface area contributed by atoms with Gasteiger partial charge in [0.05, 0.1) is 12.8 Å². The van der Waals surface area contributed by atoms with Crippen LogP contribution in [0.15, 0.2) is 23.3 Å². The molecule has 5 heteroatoms. The fraction of sp³-hybridized carbons (Fsp3) is 0.500. The van der Waals surface area contributed by atoms with Crippen LogP contribution in [0, 0.1) is 5.92 Å². The van der Waals surface area contributed by atoms with E-state index in [4.69, 9.17) is 4.74 Å². The summed E-state index contributed by atoms with van der Waals surface area (Å²) >= 11 is 0. The van der Waals surface area contributed by atoms with E-state index in [1.165, 1.54) is 13.5 Å². The zero-order valence-corrected chi connectivity index (χ0v) is 12.6. The summed E-state index contributed by atoms with van der Waals surface area (Å²) in [6, 6.07) is 4.99. The van der Waals surface area contributed by atoms with Gasteiger partial charge in [-0.25, -0.2) is 5.43 Å². The second-order valence-electron chi connectivity index (χ2n) is 5.39. The van der Waals surface area contributed by atoms with Crippen molar-refractivity contribution >= 4 is 11.6 Å². The molecule has 0 radical (unpaired) electrons. The fourth-order valence-corrected chi connectivity index (χ4v) is 2.56. The van der Waals surface area contributed by atoms with Gasteiger partial charge in [-0.1, -0.05) is 19.3 Å². The summed E-state index contributed by atoms with van der Waals surface area (Å²) in [6.45, 7) is 1.81. The molecule has 1 saturated carbocycles. The number of carbonyl (C=O) groups is 1. The van der Waals surface area contributed by atoms with Gasteiger partial charge in [-0.2, -0.15) is 5.10 Å². The van der Waals surface area contributed by atoms with Crippen LogP contribution in [0.1, 0.15) is 44.6 Å². The molecule has 0 heterocycles. The quantitative estimate of drug-likeness (QED) is 0.661. The summed E-state index contributed by atoms with van der Waals surface area (Å²) in [4.78, 5) is 12.0. The lowest BCUT2D eigenvalue weighted by molar-refractivity contribution is -0.125. The number of aromatic hydroxyl groups is 1. The number of hydrogen-bond acceptors (Lipinski definition) is 4. The van der Waals surface area contributed by atoms with E-state index in [9.17, 15) is 9.90 Å². The predicted octanol–water partition coefficient (Wildman–Crippen LogP) is 2.82. The van der Waals surface area contributed by atoms with Gasteiger partial charge >= 0.3 is 0 Å². The Kier molecular flexibility index (Phi) is 5.20. The van der Waals surface area contributed by atoms with E-state index in [-0.39, 0.29) is 17.6 Å². The number of methoxy groups -OCH3 is 1. The van der Waals surface area contributed by atoms with Gasteiger partial charge in [-0.05, 0) is 38.0 Å². The molecular weight excluding hydrogens is 268 g/mol. The van der Waals surface area contributed by atoms with Crippen LogP contribution in [0.5, 0.6) is 11.5 Å². The van der Waals surface area contributed by atoms with Crippen LogP contribution in [0.4, 0.5) is 0 Å². The monoisotopic (exact) mass is 290 g/mol. The lowest BCUT2D eigenvalue weighted by Crippen LogP contribution is -2.29. The molecule has 1 aliphatic rings. The van der Waals surface area contributed by atoms with Gasteiger partial charge in [0.1, 0.15) is 0 Å². The summed E-state index contributed by atoms with van der Waals surface area (Å²) in [5.41, 5.74) is 4.13. The summed E-state index contributed by atoms with van der Waals surface area (Å²) in [5.74, 6) is 0.561. The Bertz CT molecular complexity index is 534. The first kappa shape index (κ1) is 15.4. The summed E-state index contributed by atoms with van der Waals surface area (Å²) in [5, 5.41) is 13.7. The number of nitrogens with one attached hydrogen (secondary N) is 1. The van der Waals surface area contributed by atoms with Gasteiger partial charge in [0.15, 0.2) is 11.5 Å². The average molecular weight is 290 g/mol. The van der Waals surface area contributed by atoms with E-state index in [1.54, 1.807) is 18.2 Å². The molecule has 0 spiro atoms. The molecular formula is C16H22N2O3. The zero-order valence-electron chi connectivity index (χ0n) is 12.6. The van der Waals surface area contributed by atoms with Crippen molar-refractivity contribution in [2.75, 3.05) is 7.11 Å². The van der Waals surface area contributed by atoms with Crippen molar-refractivity contribution in [3.05, 3.63) is 23.8 Å². The van der Waals surface area contributed by atoms with Gasteiger partial charge < -0.3 is 9.84 Å². The third kappa shape index (κ3) is 3.97.